The van der Waals surface area contributed by atoms with Gasteiger partial charge in [0, 0.05) is 0 Å². The van der Waals surface area contributed by atoms with Gasteiger partial charge in [0.05, 0.1) is 0 Å². The van der Waals surface area contributed by atoms with E-state index < -0.39 is 0 Å². The van der Waals surface area contributed by atoms with Crippen LogP contribution in [0.25, 0.3) is 0 Å². The highest BCUT2D eigenvalue weighted by Gasteiger charge is 2.35. The lowest BCUT2D eigenvalue weighted by Crippen LogP contribution is -2.08. The molecule has 0 aliphatic heterocycles. The molecule has 0 spiro atoms. The van der Waals surface area contributed by atoms with Crippen LogP contribution in [0, 0.1) is 10.8 Å². The van der Waals surface area contributed by atoms with E-state index in [4.69, 9.17) is 0 Å². The molecule has 1 aliphatic rings. The maximum Gasteiger partial charge on any atom is 0.116 e. The smallest absolute Gasteiger partial charge is 0.116 e. The summed E-state index contributed by atoms with van der Waals surface area (Å²) in [5.74, 6) is 0.455. The van der Waals surface area contributed by atoms with Gasteiger partial charge < -0.3 is 5.11 Å². The number of hydrogen-bond acceptors (Lipinski definition) is 1. The van der Waals surface area contributed by atoms with Crippen molar-refractivity contribution in [3.63, 3.8) is 0 Å². The Hall–Kier alpha value is -0.980. The highest BCUT2D eigenvalue weighted by Crippen LogP contribution is 2.49. The zero-order chi connectivity index (χ0) is 19.0. The summed E-state index contributed by atoms with van der Waals surface area (Å²) in [5, 5.41) is 10.0. The number of aromatic hydroxyl groups is 1. The Labute approximate surface area is 162 Å². The first-order valence-electron chi connectivity index (χ1n) is 11.1. The van der Waals surface area contributed by atoms with Crippen molar-refractivity contribution in [2.24, 2.45) is 10.8 Å². The number of benzene rings is 1. The number of phenolic OH excluding ortho intramolecular Hbond substituents is 1. The van der Waals surface area contributed by atoms with Gasteiger partial charge in [-0.25, -0.2) is 0 Å². The van der Waals surface area contributed by atoms with Gasteiger partial charge >= 0.3 is 0 Å². The van der Waals surface area contributed by atoms with Gasteiger partial charge in [0.15, 0.2) is 0 Å². The third-order valence-electron chi connectivity index (χ3n) is 6.66. The maximum atomic E-state index is 10.0. The molecule has 0 aromatic heterocycles. The Kier molecular flexibility index (Phi) is 8.05. The summed E-state index contributed by atoms with van der Waals surface area (Å²) in [6.07, 6.45) is 16.9. The minimum absolute atomic E-state index is 0.455. The van der Waals surface area contributed by atoms with Gasteiger partial charge in [0.1, 0.15) is 5.75 Å². The molecule has 1 aromatic carbocycles. The first-order valence-corrected chi connectivity index (χ1v) is 11.1. The van der Waals surface area contributed by atoms with Crippen molar-refractivity contribution >= 4 is 0 Å². The number of aryl methyl sites for hydroxylation is 2. The molecule has 2 rings (SSSR count). The molecule has 0 amide bonds. The maximum absolute atomic E-state index is 10.0. The quantitative estimate of drug-likeness (QED) is 0.356. The molecule has 1 fully saturated rings. The molecule has 0 heterocycles. The van der Waals surface area contributed by atoms with Crippen molar-refractivity contribution in [1.82, 2.24) is 0 Å². The summed E-state index contributed by atoms with van der Waals surface area (Å²) >= 11 is 0. The van der Waals surface area contributed by atoms with Crippen LogP contribution in [0.5, 0.6) is 5.75 Å². The lowest BCUT2D eigenvalue weighted by molar-refractivity contribution is 0.307. The van der Waals surface area contributed by atoms with E-state index in [0.717, 1.165) is 12.8 Å². The summed E-state index contributed by atoms with van der Waals surface area (Å²) in [6, 6.07) is 6.27. The average molecular weight is 359 g/mol. The van der Waals surface area contributed by atoms with Crippen LogP contribution in [-0.2, 0) is 12.8 Å². The lowest BCUT2D eigenvalue weighted by Gasteiger charge is -2.22. The van der Waals surface area contributed by atoms with E-state index in [1.807, 2.05) is 12.1 Å². The highest BCUT2D eigenvalue weighted by molar-refractivity contribution is 5.33. The molecule has 0 saturated heterocycles. The van der Waals surface area contributed by atoms with Gasteiger partial charge in [0.25, 0.3) is 0 Å². The fourth-order valence-electron chi connectivity index (χ4n) is 3.84. The molecule has 148 valence electrons. The predicted octanol–water partition coefficient (Wildman–Crippen LogP) is 7.83. The number of phenols is 1. The molecule has 26 heavy (non-hydrogen) atoms. The number of rotatable bonds is 13. The van der Waals surface area contributed by atoms with Crippen LogP contribution < -0.4 is 0 Å². The van der Waals surface area contributed by atoms with E-state index in [1.165, 1.54) is 81.8 Å². The first-order chi connectivity index (χ1) is 12.3. The van der Waals surface area contributed by atoms with Crippen molar-refractivity contribution in [2.45, 2.75) is 111 Å². The Balaban J connectivity index is 1.64. The highest BCUT2D eigenvalue weighted by atomic mass is 16.3. The van der Waals surface area contributed by atoms with Gasteiger partial charge in [-0.05, 0) is 85.5 Å². The largest absolute Gasteiger partial charge is 0.508 e. The van der Waals surface area contributed by atoms with Crippen molar-refractivity contribution < 1.29 is 5.11 Å². The minimum atomic E-state index is 0.455. The summed E-state index contributed by atoms with van der Waals surface area (Å²) in [4.78, 5) is 0. The van der Waals surface area contributed by atoms with Gasteiger partial charge in [-0.1, -0.05) is 65.9 Å². The molecular weight excluding hydrogens is 316 g/mol. The topological polar surface area (TPSA) is 20.2 Å². The lowest BCUT2D eigenvalue weighted by atomic mass is 9.84. The third kappa shape index (κ3) is 8.14. The van der Waals surface area contributed by atoms with E-state index >= 15 is 0 Å². The fraction of sp³-hybridized carbons (Fsp3) is 0.760. The SMILES string of the molecule is CCC(C)(C)CCCCCCc1cc(O)cc(CCCCC2(C)CC2)c1. The average Bonchev–Trinajstić information content (AvgIpc) is 3.32. The first kappa shape index (κ1) is 21.3. The van der Waals surface area contributed by atoms with Crippen LogP contribution in [0.4, 0.5) is 0 Å². The molecule has 0 bridgehead atoms. The summed E-state index contributed by atoms with van der Waals surface area (Å²) in [7, 11) is 0. The van der Waals surface area contributed by atoms with Crippen molar-refractivity contribution in [3.05, 3.63) is 29.3 Å². The van der Waals surface area contributed by atoms with E-state index in [-0.39, 0.29) is 0 Å². The van der Waals surface area contributed by atoms with Crippen molar-refractivity contribution in [3.8, 4) is 5.75 Å². The Morgan fingerprint density at radius 2 is 1.46 bits per heavy atom. The number of hydrogen-bond donors (Lipinski definition) is 1. The zero-order valence-corrected chi connectivity index (χ0v) is 17.9. The Bertz CT molecular complexity index is 539. The molecule has 0 atom stereocenters. The molecule has 1 heteroatoms. The summed E-state index contributed by atoms with van der Waals surface area (Å²) in [5.41, 5.74) is 3.83. The minimum Gasteiger partial charge on any atom is -0.508 e. The van der Waals surface area contributed by atoms with E-state index in [9.17, 15) is 5.11 Å². The second-order valence-corrected chi connectivity index (χ2v) is 9.96. The molecule has 1 saturated carbocycles. The molecule has 1 N–H and O–H groups in total. The molecule has 0 radical (unpaired) electrons. The predicted molar refractivity (Wildman–Crippen MR) is 114 cm³/mol. The molecule has 0 unspecified atom stereocenters. The molecule has 1 aromatic rings. The van der Waals surface area contributed by atoms with Crippen molar-refractivity contribution in [2.75, 3.05) is 0 Å². The molecule has 1 aliphatic carbocycles. The Morgan fingerprint density at radius 3 is 2.04 bits per heavy atom. The number of unbranched alkanes of at least 4 members (excludes halogenated alkanes) is 4. The monoisotopic (exact) mass is 358 g/mol. The van der Waals surface area contributed by atoms with Gasteiger partial charge in [-0.3, -0.25) is 0 Å². The summed E-state index contributed by atoms with van der Waals surface area (Å²) in [6.45, 7) is 9.48. The summed E-state index contributed by atoms with van der Waals surface area (Å²) < 4.78 is 0. The van der Waals surface area contributed by atoms with Crippen molar-refractivity contribution in [1.29, 1.82) is 0 Å². The zero-order valence-electron chi connectivity index (χ0n) is 17.9. The molecular formula is C25H42O. The van der Waals surface area contributed by atoms with Crippen LogP contribution in [0.2, 0.25) is 0 Å². The van der Waals surface area contributed by atoms with Gasteiger partial charge in [0.2, 0.25) is 0 Å². The van der Waals surface area contributed by atoms with Crippen LogP contribution in [0.15, 0.2) is 18.2 Å². The van der Waals surface area contributed by atoms with Gasteiger partial charge in [-0.15, -0.1) is 0 Å². The van der Waals surface area contributed by atoms with E-state index in [2.05, 4.69) is 33.8 Å². The van der Waals surface area contributed by atoms with Crippen LogP contribution in [-0.4, -0.2) is 5.11 Å². The fourth-order valence-corrected chi connectivity index (χ4v) is 3.84. The van der Waals surface area contributed by atoms with E-state index in [0.29, 0.717) is 16.6 Å². The van der Waals surface area contributed by atoms with E-state index in [1.54, 1.807) is 0 Å². The second kappa shape index (κ2) is 9.81. The normalized spacial score (nSPS) is 16.0. The van der Waals surface area contributed by atoms with Gasteiger partial charge in [-0.2, -0.15) is 0 Å². The van der Waals surface area contributed by atoms with Crippen LogP contribution >= 0.6 is 0 Å². The second-order valence-electron chi connectivity index (χ2n) is 9.96. The Morgan fingerprint density at radius 1 is 0.885 bits per heavy atom. The van der Waals surface area contributed by atoms with Crippen LogP contribution in [0.1, 0.15) is 109 Å². The standard InChI is InChI=1S/C25H42O/c1-5-24(2,3)14-10-7-6-8-12-21-18-22(20-23(26)19-21)13-9-11-15-25(4)16-17-25/h18-20,26H,5-17H2,1-4H3. The third-order valence-corrected chi connectivity index (χ3v) is 6.66. The molecule has 1 nitrogen and oxygen atoms in total. The van der Waals surface area contributed by atoms with Crippen LogP contribution in [0.3, 0.4) is 0 Å².